The molecule has 0 aliphatic heterocycles. The van der Waals surface area contributed by atoms with E-state index in [1.807, 2.05) is 7.05 Å². The fraction of sp³-hybridized carbons (Fsp3) is 0.571. The zero-order valence-electron chi connectivity index (χ0n) is 11.3. The van der Waals surface area contributed by atoms with E-state index in [0.29, 0.717) is 10.4 Å². The molecule has 0 bridgehead atoms. The number of pyridine rings is 1. The summed E-state index contributed by atoms with van der Waals surface area (Å²) in [5, 5.41) is 0. The molecule has 1 amide bonds. The van der Waals surface area contributed by atoms with E-state index in [2.05, 4.69) is 15.9 Å². The number of hydrogen-bond donors (Lipinski definition) is 0. The summed E-state index contributed by atoms with van der Waals surface area (Å²) in [6.07, 6.45) is 6.11. The van der Waals surface area contributed by atoms with E-state index >= 15 is 0 Å². The number of rotatable bonds is 2. The molecule has 1 aromatic heterocycles. The molecular formula is C14H19BrN2O2. The van der Waals surface area contributed by atoms with E-state index in [4.69, 9.17) is 0 Å². The number of aromatic nitrogens is 1. The molecule has 1 heterocycles. The van der Waals surface area contributed by atoms with Crippen molar-refractivity contribution < 1.29 is 4.79 Å². The molecule has 1 aliphatic rings. The van der Waals surface area contributed by atoms with Crippen molar-refractivity contribution in [1.82, 2.24) is 9.47 Å². The van der Waals surface area contributed by atoms with Gasteiger partial charge in [-0.2, -0.15) is 0 Å². The summed E-state index contributed by atoms with van der Waals surface area (Å²) in [4.78, 5) is 26.1. The zero-order chi connectivity index (χ0) is 14.0. The lowest BCUT2D eigenvalue weighted by molar-refractivity contribution is 0.0704. The molecule has 1 aliphatic carbocycles. The summed E-state index contributed by atoms with van der Waals surface area (Å²) in [6, 6.07) is 3.32. The van der Waals surface area contributed by atoms with E-state index in [1.165, 1.54) is 17.1 Å². The highest BCUT2D eigenvalue weighted by atomic mass is 79.9. The van der Waals surface area contributed by atoms with Crippen molar-refractivity contribution in [3.8, 4) is 0 Å². The summed E-state index contributed by atoms with van der Waals surface area (Å²) in [7, 11) is 3.50. The van der Waals surface area contributed by atoms with Gasteiger partial charge in [0, 0.05) is 42.8 Å². The number of halogens is 1. The minimum atomic E-state index is -0.154. The van der Waals surface area contributed by atoms with Gasteiger partial charge in [-0.15, -0.1) is 0 Å². The molecule has 2 rings (SSSR count). The first-order valence-corrected chi connectivity index (χ1v) is 7.50. The van der Waals surface area contributed by atoms with Gasteiger partial charge in [0.1, 0.15) is 0 Å². The maximum atomic E-state index is 12.4. The molecule has 4 nitrogen and oxygen atoms in total. The SMILES string of the molecule is CN(C(=O)c1ccn(C)c(=O)c1)C1CCCCC1Br. The van der Waals surface area contributed by atoms with Gasteiger partial charge in [0.25, 0.3) is 11.5 Å². The van der Waals surface area contributed by atoms with Crippen LogP contribution in [-0.2, 0) is 7.05 Å². The Morgan fingerprint density at radius 3 is 2.74 bits per heavy atom. The molecule has 5 heteroatoms. The van der Waals surface area contributed by atoms with Crippen LogP contribution in [0.2, 0.25) is 0 Å². The monoisotopic (exact) mass is 326 g/mol. The maximum Gasteiger partial charge on any atom is 0.254 e. The Bertz CT molecular complexity index is 526. The minimum Gasteiger partial charge on any atom is -0.338 e. The largest absolute Gasteiger partial charge is 0.338 e. The van der Waals surface area contributed by atoms with Crippen molar-refractivity contribution in [3.63, 3.8) is 0 Å². The zero-order valence-corrected chi connectivity index (χ0v) is 12.9. The van der Waals surface area contributed by atoms with Crippen molar-refractivity contribution in [2.24, 2.45) is 7.05 Å². The molecule has 19 heavy (non-hydrogen) atoms. The van der Waals surface area contributed by atoms with Crippen LogP contribution in [-0.4, -0.2) is 33.3 Å². The third-order valence-corrected chi connectivity index (χ3v) is 4.88. The predicted molar refractivity (Wildman–Crippen MR) is 78.7 cm³/mol. The third-order valence-electron chi connectivity index (χ3n) is 3.82. The number of amides is 1. The number of hydrogen-bond acceptors (Lipinski definition) is 2. The quantitative estimate of drug-likeness (QED) is 0.781. The molecule has 104 valence electrons. The Morgan fingerprint density at radius 2 is 2.11 bits per heavy atom. The summed E-state index contributed by atoms with van der Waals surface area (Å²) in [6.45, 7) is 0. The number of nitrogens with zero attached hydrogens (tertiary/aromatic N) is 2. The Kier molecular flexibility index (Phi) is 4.45. The maximum absolute atomic E-state index is 12.4. The first kappa shape index (κ1) is 14.3. The average Bonchev–Trinajstić information content (AvgIpc) is 2.41. The Hall–Kier alpha value is -1.10. The molecule has 0 radical (unpaired) electrons. The average molecular weight is 327 g/mol. The van der Waals surface area contributed by atoms with Crippen LogP contribution in [0.4, 0.5) is 0 Å². The van der Waals surface area contributed by atoms with Gasteiger partial charge in [0.15, 0.2) is 0 Å². The first-order valence-electron chi connectivity index (χ1n) is 6.58. The molecule has 0 N–H and O–H groups in total. The summed E-state index contributed by atoms with van der Waals surface area (Å²) in [5.74, 6) is -0.0750. The van der Waals surface area contributed by atoms with Crippen LogP contribution in [0, 0.1) is 0 Å². The van der Waals surface area contributed by atoms with Crippen LogP contribution in [0.1, 0.15) is 36.0 Å². The topological polar surface area (TPSA) is 42.3 Å². The molecule has 1 saturated carbocycles. The second-order valence-corrected chi connectivity index (χ2v) is 6.32. The lowest BCUT2D eigenvalue weighted by Crippen LogP contribution is -2.44. The van der Waals surface area contributed by atoms with Gasteiger partial charge in [0.2, 0.25) is 0 Å². The number of carbonyl (C=O) groups is 1. The van der Waals surface area contributed by atoms with Gasteiger partial charge in [-0.05, 0) is 18.9 Å². The van der Waals surface area contributed by atoms with Gasteiger partial charge in [0.05, 0.1) is 0 Å². The first-order chi connectivity index (χ1) is 9.00. The van der Waals surface area contributed by atoms with Crippen LogP contribution in [0.25, 0.3) is 0 Å². The molecule has 1 fully saturated rings. The minimum absolute atomic E-state index is 0.0750. The van der Waals surface area contributed by atoms with Crippen LogP contribution in [0.3, 0.4) is 0 Å². The highest BCUT2D eigenvalue weighted by Crippen LogP contribution is 2.28. The van der Waals surface area contributed by atoms with Crippen molar-refractivity contribution >= 4 is 21.8 Å². The second kappa shape index (κ2) is 5.90. The van der Waals surface area contributed by atoms with Crippen molar-refractivity contribution in [1.29, 1.82) is 0 Å². The van der Waals surface area contributed by atoms with E-state index in [-0.39, 0.29) is 17.5 Å². The van der Waals surface area contributed by atoms with Gasteiger partial charge in [-0.1, -0.05) is 28.8 Å². The summed E-state index contributed by atoms with van der Waals surface area (Å²) >= 11 is 3.66. The number of aryl methyl sites for hydroxylation is 1. The van der Waals surface area contributed by atoms with Crippen LogP contribution in [0.5, 0.6) is 0 Å². The second-order valence-electron chi connectivity index (χ2n) is 5.15. The molecular weight excluding hydrogens is 308 g/mol. The van der Waals surface area contributed by atoms with E-state index in [0.717, 1.165) is 19.3 Å². The summed E-state index contributed by atoms with van der Waals surface area (Å²) < 4.78 is 1.46. The van der Waals surface area contributed by atoms with Crippen molar-refractivity contribution in [3.05, 3.63) is 34.2 Å². The van der Waals surface area contributed by atoms with E-state index < -0.39 is 0 Å². The normalized spacial score (nSPS) is 23.1. The number of carbonyl (C=O) groups excluding carboxylic acids is 1. The third kappa shape index (κ3) is 3.08. The lowest BCUT2D eigenvalue weighted by Gasteiger charge is -2.35. The lowest BCUT2D eigenvalue weighted by atomic mass is 9.94. The highest BCUT2D eigenvalue weighted by molar-refractivity contribution is 9.09. The molecule has 0 saturated heterocycles. The standard InChI is InChI=1S/C14H19BrN2O2/c1-16-8-7-10(9-13(16)18)14(19)17(2)12-6-4-3-5-11(12)15/h7-9,11-12H,3-6H2,1-2H3. The molecule has 2 atom stereocenters. The molecule has 2 unspecified atom stereocenters. The smallest absolute Gasteiger partial charge is 0.254 e. The van der Waals surface area contributed by atoms with E-state index in [1.54, 1.807) is 24.2 Å². The van der Waals surface area contributed by atoms with Gasteiger partial charge < -0.3 is 9.47 Å². The van der Waals surface area contributed by atoms with E-state index in [9.17, 15) is 9.59 Å². The van der Waals surface area contributed by atoms with Crippen LogP contribution < -0.4 is 5.56 Å². The fourth-order valence-electron chi connectivity index (χ4n) is 2.54. The van der Waals surface area contributed by atoms with Crippen LogP contribution in [0.15, 0.2) is 23.1 Å². The van der Waals surface area contributed by atoms with Crippen molar-refractivity contribution in [2.75, 3.05) is 7.05 Å². The fourth-order valence-corrected chi connectivity index (χ4v) is 3.48. The molecule has 0 aromatic carbocycles. The van der Waals surface area contributed by atoms with Crippen LogP contribution >= 0.6 is 15.9 Å². The van der Waals surface area contributed by atoms with Gasteiger partial charge >= 0.3 is 0 Å². The molecule has 1 aromatic rings. The Labute approximate surface area is 121 Å². The predicted octanol–water partition coefficient (Wildman–Crippen LogP) is 2.16. The van der Waals surface area contributed by atoms with Crippen molar-refractivity contribution in [2.45, 2.75) is 36.6 Å². The Balaban J connectivity index is 2.18. The van der Waals surface area contributed by atoms with Gasteiger partial charge in [-0.3, -0.25) is 9.59 Å². The summed E-state index contributed by atoms with van der Waals surface area (Å²) in [5.41, 5.74) is 0.314. The highest BCUT2D eigenvalue weighted by Gasteiger charge is 2.29. The Morgan fingerprint density at radius 1 is 1.42 bits per heavy atom. The number of alkyl halides is 1. The molecule has 0 spiro atoms. The van der Waals surface area contributed by atoms with Gasteiger partial charge in [-0.25, -0.2) is 0 Å².